The van der Waals surface area contributed by atoms with E-state index < -0.39 is 0 Å². The summed E-state index contributed by atoms with van der Waals surface area (Å²) in [5.41, 5.74) is 12.1. The molecule has 0 fully saturated rings. The van der Waals surface area contributed by atoms with Crippen LogP contribution >= 0.6 is 0 Å². The third-order valence-electron chi connectivity index (χ3n) is 11.3. The van der Waals surface area contributed by atoms with Gasteiger partial charge in [0.25, 0.3) is 0 Å². The van der Waals surface area contributed by atoms with Gasteiger partial charge in [0, 0.05) is 16.6 Å². The van der Waals surface area contributed by atoms with Gasteiger partial charge in [0.05, 0.1) is 11.2 Å². The van der Waals surface area contributed by atoms with E-state index in [4.69, 9.17) is 0 Å². The van der Waals surface area contributed by atoms with Crippen molar-refractivity contribution in [3.8, 4) is 50.3 Å². The SMILES string of the molecule is c1ccc(-c2c3ccccc3c(-c3ccccc3)c3cc4c(cc23)c(-c2ccccc2)c(-c2ccccc2)n4-c2ccc3cc4ccccc4cc3c2)cc1. The van der Waals surface area contributed by atoms with E-state index in [0.29, 0.717) is 0 Å². The van der Waals surface area contributed by atoms with Crippen LogP contribution in [0.2, 0.25) is 0 Å². The quantitative estimate of drug-likeness (QED) is 0.158. The number of nitrogens with zero attached hydrogens (tertiary/aromatic N) is 1. The fourth-order valence-corrected chi connectivity index (χ4v) is 8.89. The zero-order valence-electron chi connectivity index (χ0n) is 30.2. The van der Waals surface area contributed by atoms with Gasteiger partial charge < -0.3 is 4.57 Å². The maximum absolute atomic E-state index is 2.52. The summed E-state index contributed by atoms with van der Waals surface area (Å²) in [7, 11) is 0. The Morgan fingerprint density at radius 2 is 0.691 bits per heavy atom. The summed E-state index contributed by atoms with van der Waals surface area (Å²) in [4.78, 5) is 0. The number of benzene rings is 10. The second-order valence-electron chi connectivity index (χ2n) is 14.5. The lowest BCUT2D eigenvalue weighted by atomic mass is 9.85. The Morgan fingerprint density at radius 1 is 0.255 bits per heavy atom. The highest BCUT2D eigenvalue weighted by atomic mass is 15.0. The molecule has 0 aliphatic rings. The summed E-state index contributed by atoms with van der Waals surface area (Å²) in [6.45, 7) is 0. The number of hydrogen-bond donors (Lipinski definition) is 0. The first-order valence-electron chi connectivity index (χ1n) is 19.0. The van der Waals surface area contributed by atoms with Crippen molar-refractivity contribution in [3.05, 3.63) is 212 Å². The van der Waals surface area contributed by atoms with Crippen LogP contribution in [0.4, 0.5) is 0 Å². The predicted octanol–water partition coefficient (Wildman–Crippen LogP) is 14.9. The predicted molar refractivity (Wildman–Crippen MR) is 235 cm³/mol. The van der Waals surface area contributed by atoms with Gasteiger partial charge in [0.2, 0.25) is 0 Å². The lowest BCUT2D eigenvalue weighted by molar-refractivity contribution is 1.14. The van der Waals surface area contributed by atoms with Crippen molar-refractivity contribution in [1.82, 2.24) is 4.57 Å². The van der Waals surface area contributed by atoms with Crippen LogP contribution in [0.1, 0.15) is 0 Å². The highest BCUT2D eigenvalue weighted by molar-refractivity contribution is 6.25. The van der Waals surface area contributed by atoms with Crippen LogP contribution in [-0.2, 0) is 0 Å². The summed E-state index contributed by atoms with van der Waals surface area (Å²) in [5.74, 6) is 0. The van der Waals surface area contributed by atoms with Crippen LogP contribution in [0, 0.1) is 0 Å². The summed E-state index contributed by atoms with van der Waals surface area (Å²) < 4.78 is 2.52. The Morgan fingerprint density at radius 3 is 1.25 bits per heavy atom. The van der Waals surface area contributed by atoms with Gasteiger partial charge >= 0.3 is 0 Å². The van der Waals surface area contributed by atoms with E-state index in [1.807, 2.05) is 0 Å². The molecule has 55 heavy (non-hydrogen) atoms. The van der Waals surface area contributed by atoms with E-state index in [0.717, 1.165) is 5.69 Å². The Hall–Kier alpha value is -7.22. The molecule has 1 heteroatoms. The van der Waals surface area contributed by atoms with Gasteiger partial charge in [-0.15, -0.1) is 0 Å². The van der Waals surface area contributed by atoms with Crippen LogP contribution in [0.3, 0.4) is 0 Å². The van der Waals surface area contributed by atoms with Crippen LogP contribution in [0.15, 0.2) is 212 Å². The molecule has 0 radical (unpaired) electrons. The maximum Gasteiger partial charge on any atom is 0.0619 e. The van der Waals surface area contributed by atoms with E-state index in [-0.39, 0.29) is 0 Å². The molecular weight excluding hydrogens is 663 g/mol. The molecule has 0 atom stereocenters. The largest absolute Gasteiger partial charge is 0.309 e. The number of fused-ring (bicyclic) bond motifs is 5. The lowest BCUT2D eigenvalue weighted by Crippen LogP contribution is -1.98. The first kappa shape index (κ1) is 31.3. The van der Waals surface area contributed by atoms with Crippen molar-refractivity contribution >= 4 is 54.0 Å². The monoisotopic (exact) mass is 697 g/mol. The van der Waals surface area contributed by atoms with E-state index in [2.05, 4.69) is 217 Å². The molecule has 1 heterocycles. The third kappa shape index (κ3) is 5.09. The molecule has 256 valence electrons. The van der Waals surface area contributed by atoms with E-state index >= 15 is 0 Å². The van der Waals surface area contributed by atoms with Crippen LogP contribution < -0.4 is 0 Å². The average molecular weight is 698 g/mol. The molecule has 0 bridgehead atoms. The summed E-state index contributed by atoms with van der Waals surface area (Å²) >= 11 is 0. The molecule has 1 aromatic heterocycles. The standard InChI is InChI=1S/C54H35N/c1-5-17-36(18-6-1)51-45-27-15-16-28-46(45)52(37-19-7-2-8-20-37)48-35-50-49(34-47(48)51)53(38-21-9-3-10-22-38)54(39-23-11-4-12-24-39)55(50)44-30-29-42-31-40-25-13-14-26-41(40)32-43(42)33-44/h1-35H. The molecule has 10 aromatic carbocycles. The average Bonchev–Trinajstić information content (AvgIpc) is 3.59. The summed E-state index contributed by atoms with van der Waals surface area (Å²) in [6.07, 6.45) is 0. The zero-order chi connectivity index (χ0) is 36.3. The zero-order valence-corrected chi connectivity index (χ0v) is 30.2. The molecule has 1 nitrogen and oxygen atoms in total. The molecule has 0 aliphatic carbocycles. The Labute approximate surface area is 320 Å². The minimum Gasteiger partial charge on any atom is -0.309 e. The van der Waals surface area contributed by atoms with Gasteiger partial charge in [0.15, 0.2) is 0 Å². The molecular formula is C54H35N. The molecule has 0 N–H and O–H groups in total. The minimum absolute atomic E-state index is 1.14. The topological polar surface area (TPSA) is 4.93 Å². The highest BCUT2D eigenvalue weighted by Gasteiger charge is 2.25. The van der Waals surface area contributed by atoms with Crippen molar-refractivity contribution < 1.29 is 0 Å². The summed E-state index contributed by atoms with van der Waals surface area (Å²) in [5, 5.41) is 11.2. The first-order valence-corrected chi connectivity index (χ1v) is 19.0. The summed E-state index contributed by atoms with van der Waals surface area (Å²) in [6, 6.07) is 77.9. The van der Waals surface area contributed by atoms with Gasteiger partial charge in [-0.3, -0.25) is 0 Å². The normalized spacial score (nSPS) is 11.6. The second kappa shape index (κ2) is 12.7. The Balaban J connectivity index is 1.36. The molecule has 0 spiro atoms. The highest BCUT2D eigenvalue weighted by Crippen LogP contribution is 2.49. The third-order valence-corrected chi connectivity index (χ3v) is 11.3. The molecule has 0 amide bonds. The molecule has 0 saturated heterocycles. The number of aromatic nitrogens is 1. The van der Waals surface area contributed by atoms with Crippen LogP contribution in [0.5, 0.6) is 0 Å². The fraction of sp³-hybridized carbons (Fsp3) is 0. The van der Waals surface area contributed by atoms with E-state index in [1.165, 1.54) is 98.6 Å². The van der Waals surface area contributed by atoms with Gasteiger partial charge in [-0.25, -0.2) is 0 Å². The van der Waals surface area contributed by atoms with Crippen molar-refractivity contribution in [2.75, 3.05) is 0 Å². The van der Waals surface area contributed by atoms with Gasteiger partial charge in [-0.1, -0.05) is 176 Å². The Kier molecular flexibility index (Phi) is 7.25. The second-order valence-corrected chi connectivity index (χ2v) is 14.5. The molecule has 0 saturated carbocycles. The minimum atomic E-state index is 1.14. The number of rotatable bonds is 5. The lowest BCUT2D eigenvalue weighted by Gasteiger charge is -2.19. The smallest absolute Gasteiger partial charge is 0.0619 e. The van der Waals surface area contributed by atoms with Gasteiger partial charge in [0.1, 0.15) is 0 Å². The van der Waals surface area contributed by atoms with Gasteiger partial charge in [-0.2, -0.15) is 0 Å². The van der Waals surface area contributed by atoms with Crippen molar-refractivity contribution in [1.29, 1.82) is 0 Å². The van der Waals surface area contributed by atoms with Crippen LogP contribution in [-0.4, -0.2) is 4.57 Å². The Bertz CT molecular complexity index is 3210. The molecule has 11 aromatic rings. The van der Waals surface area contributed by atoms with Crippen molar-refractivity contribution in [3.63, 3.8) is 0 Å². The van der Waals surface area contributed by atoms with Crippen molar-refractivity contribution in [2.24, 2.45) is 0 Å². The maximum atomic E-state index is 2.52. The number of hydrogen-bond acceptors (Lipinski definition) is 0. The van der Waals surface area contributed by atoms with E-state index in [1.54, 1.807) is 0 Å². The van der Waals surface area contributed by atoms with Gasteiger partial charge in [-0.05, 0) is 113 Å². The van der Waals surface area contributed by atoms with Crippen LogP contribution in [0.25, 0.3) is 104 Å². The fourth-order valence-electron chi connectivity index (χ4n) is 8.89. The van der Waals surface area contributed by atoms with Crippen molar-refractivity contribution in [2.45, 2.75) is 0 Å². The molecule has 0 unspecified atom stereocenters. The van der Waals surface area contributed by atoms with E-state index in [9.17, 15) is 0 Å². The first-order chi connectivity index (χ1) is 27.3. The molecule has 11 rings (SSSR count). The molecule has 0 aliphatic heterocycles.